The monoisotopic (exact) mass is 275 g/mol. The molecule has 0 amide bonds. The molecule has 1 atom stereocenters. The van der Waals surface area contributed by atoms with Crippen molar-refractivity contribution in [2.75, 3.05) is 7.11 Å². The molecule has 0 saturated carbocycles. The van der Waals surface area contributed by atoms with Gasteiger partial charge in [0.05, 0.1) is 12.8 Å². The fourth-order valence-corrected chi connectivity index (χ4v) is 1.96. The molecule has 1 aromatic carbocycles. The van der Waals surface area contributed by atoms with Crippen LogP contribution in [-0.4, -0.2) is 23.2 Å². The first-order valence-corrected chi connectivity index (χ1v) is 6.08. The zero-order valence-electron chi connectivity index (χ0n) is 10.9. The molecule has 20 heavy (non-hydrogen) atoms. The summed E-state index contributed by atoms with van der Waals surface area (Å²) in [5.74, 6) is -1.87. The van der Waals surface area contributed by atoms with Crippen molar-refractivity contribution in [3.63, 3.8) is 0 Å². The van der Waals surface area contributed by atoms with Crippen molar-refractivity contribution in [2.24, 2.45) is 0 Å². The van der Waals surface area contributed by atoms with Gasteiger partial charge in [0, 0.05) is 6.07 Å². The molecule has 104 valence electrons. The van der Waals surface area contributed by atoms with E-state index in [0.717, 1.165) is 0 Å². The van der Waals surface area contributed by atoms with Crippen LogP contribution in [0.3, 0.4) is 0 Å². The second-order valence-corrected chi connectivity index (χ2v) is 4.33. The molecule has 0 fully saturated rings. The summed E-state index contributed by atoms with van der Waals surface area (Å²) >= 11 is 0. The van der Waals surface area contributed by atoms with Crippen LogP contribution in [0, 0.1) is 5.82 Å². The number of carboxylic acid groups (broad SMARTS) is 1. The summed E-state index contributed by atoms with van der Waals surface area (Å²) in [6, 6.07) is 10.9. The van der Waals surface area contributed by atoms with Crippen LogP contribution in [0.15, 0.2) is 42.5 Å². The van der Waals surface area contributed by atoms with Gasteiger partial charge < -0.3 is 9.84 Å². The van der Waals surface area contributed by atoms with E-state index in [1.54, 1.807) is 30.3 Å². The summed E-state index contributed by atoms with van der Waals surface area (Å²) in [6.45, 7) is 0. The maximum Gasteiger partial charge on any atom is 0.312 e. The lowest BCUT2D eigenvalue weighted by atomic mass is 9.96. The summed E-state index contributed by atoms with van der Waals surface area (Å²) in [4.78, 5) is 15.5. The Labute approximate surface area is 115 Å². The Balaban J connectivity index is 2.29. The lowest BCUT2D eigenvalue weighted by Gasteiger charge is -2.13. The van der Waals surface area contributed by atoms with Gasteiger partial charge in [-0.3, -0.25) is 4.79 Å². The second-order valence-electron chi connectivity index (χ2n) is 4.33. The standard InChI is InChI=1S/C15H14FNO3/c1-20-14-7-3-6-13(17-14)12(15(18)19)9-10-4-2-5-11(16)8-10/h2-8,12H,9H2,1H3,(H,18,19). The highest BCUT2D eigenvalue weighted by molar-refractivity contribution is 5.75. The molecular weight excluding hydrogens is 261 g/mol. The van der Waals surface area contributed by atoms with Crippen molar-refractivity contribution in [3.8, 4) is 5.88 Å². The van der Waals surface area contributed by atoms with Crippen LogP contribution in [0.1, 0.15) is 17.2 Å². The SMILES string of the molecule is COc1cccc(C(Cc2cccc(F)c2)C(=O)O)n1. The number of nitrogens with zero attached hydrogens (tertiary/aromatic N) is 1. The highest BCUT2D eigenvalue weighted by Gasteiger charge is 2.22. The summed E-state index contributed by atoms with van der Waals surface area (Å²) in [5, 5.41) is 9.35. The number of halogens is 1. The van der Waals surface area contributed by atoms with Gasteiger partial charge in [0.25, 0.3) is 0 Å². The van der Waals surface area contributed by atoms with E-state index in [0.29, 0.717) is 17.1 Å². The molecule has 1 unspecified atom stereocenters. The molecule has 0 aliphatic carbocycles. The van der Waals surface area contributed by atoms with E-state index in [4.69, 9.17) is 4.74 Å². The Kier molecular flexibility index (Phi) is 4.30. The number of hydrogen-bond donors (Lipinski definition) is 1. The number of rotatable bonds is 5. The van der Waals surface area contributed by atoms with Crippen molar-refractivity contribution in [2.45, 2.75) is 12.3 Å². The number of carbonyl (C=O) groups is 1. The van der Waals surface area contributed by atoms with Crippen LogP contribution < -0.4 is 4.74 Å². The maximum atomic E-state index is 13.2. The highest BCUT2D eigenvalue weighted by atomic mass is 19.1. The molecule has 0 spiro atoms. The fourth-order valence-electron chi connectivity index (χ4n) is 1.96. The van der Waals surface area contributed by atoms with Crippen molar-refractivity contribution < 1.29 is 19.0 Å². The minimum Gasteiger partial charge on any atom is -0.481 e. The van der Waals surface area contributed by atoms with Crippen LogP contribution in [0.25, 0.3) is 0 Å². The Hall–Kier alpha value is -2.43. The third kappa shape index (κ3) is 3.32. The van der Waals surface area contributed by atoms with Crippen LogP contribution in [-0.2, 0) is 11.2 Å². The predicted octanol–water partition coefficient (Wildman–Crippen LogP) is 2.64. The molecular formula is C15H14FNO3. The van der Waals surface area contributed by atoms with E-state index in [-0.39, 0.29) is 12.2 Å². The lowest BCUT2D eigenvalue weighted by Crippen LogP contribution is -2.16. The van der Waals surface area contributed by atoms with Crippen LogP contribution in [0.2, 0.25) is 0 Å². The summed E-state index contributed by atoms with van der Waals surface area (Å²) in [7, 11) is 1.47. The Morgan fingerprint density at radius 3 is 2.75 bits per heavy atom. The van der Waals surface area contributed by atoms with Gasteiger partial charge in [0.1, 0.15) is 11.7 Å². The molecule has 2 aromatic rings. The molecule has 0 radical (unpaired) electrons. The van der Waals surface area contributed by atoms with E-state index in [1.807, 2.05) is 0 Å². The minimum absolute atomic E-state index is 0.174. The van der Waals surface area contributed by atoms with Crippen molar-refractivity contribution in [1.29, 1.82) is 0 Å². The summed E-state index contributed by atoms with van der Waals surface area (Å²) in [6.07, 6.45) is 0.174. The topological polar surface area (TPSA) is 59.4 Å². The molecule has 4 nitrogen and oxygen atoms in total. The fraction of sp³-hybridized carbons (Fsp3) is 0.200. The first-order valence-electron chi connectivity index (χ1n) is 6.08. The molecule has 1 N–H and O–H groups in total. The molecule has 0 aliphatic heterocycles. The van der Waals surface area contributed by atoms with Gasteiger partial charge in [-0.05, 0) is 30.2 Å². The van der Waals surface area contributed by atoms with Gasteiger partial charge in [-0.25, -0.2) is 9.37 Å². The van der Waals surface area contributed by atoms with Crippen molar-refractivity contribution in [3.05, 3.63) is 59.5 Å². The number of aromatic nitrogens is 1. The molecule has 1 aromatic heterocycles. The van der Waals surface area contributed by atoms with Gasteiger partial charge in [-0.15, -0.1) is 0 Å². The molecule has 2 rings (SSSR count). The second kappa shape index (κ2) is 6.14. The lowest BCUT2D eigenvalue weighted by molar-refractivity contribution is -0.138. The minimum atomic E-state index is -1.00. The van der Waals surface area contributed by atoms with Gasteiger partial charge >= 0.3 is 5.97 Å². The first-order chi connectivity index (χ1) is 9.60. The van der Waals surface area contributed by atoms with Gasteiger partial charge in [0.15, 0.2) is 0 Å². The third-order valence-electron chi connectivity index (χ3n) is 2.94. The molecule has 5 heteroatoms. The van der Waals surface area contributed by atoms with Gasteiger partial charge in [0.2, 0.25) is 5.88 Å². The van der Waals surface area contributed by atoms with E-state index in [1.165, 1.54) is 19.2 Å². The number of carboxylic acids is 1. The summed E-state index contributed by atoms with van der Waals surface area (Å²) < 4.78 is 18.1. The normalized spacial score (nSPS) is 11.9. The van der Waals surface area contributed by atoms with Gasteiger partial charge in [-0.1, -0.05) is 18.2 Å². The van der Waals surface area contributed by atoms with Gasteiger partial charge in [-0.2, -0.15) is 0 Å². The first kappa shape index (κ1) is 14.0. The quantitative estimate of drug-likeness (QED) is 0.911. The van der Waals surface area contributed by atoms with Crippen LogP contribution in [0.4, 0.5) is 4.39 Å². The van der Waals surface area contributed by atoms with E-state index in [9.17, 15) is 14.3 Å². The Bertz CT molecular complexity index is 616. The number of ether oxygens (including phenoxy) is 1. The van der Waals surface area contributed by atoms with Crippen LogP contribution >= 0.6 is 0 Å². The van der Waals surface area contributed by atoms with E-state index in [2.05, 4.69) is 4.98 Å². The molecule has 0 saturated heterocycles. The molecule has 1 heterocycles. The zero-order chi connectivity index (χ0) is 14.5. The average Bonchev–Trinajstić information content (AvgIpc) is 2.44. The maximum absolute atomic E-state index is 13.2. The molecule has 0 aliphatic rings. The summed E-state index contributed by atoms with van der Waals surface area (Å²) in [5.41, 5.74) is 1.00. The molecule has 0 bridgehead atoms. The Morgan fingerprint density at radius 2 is 2.10 bits per heavy atom. The zero-order valence-corrected chi connectivity index (χ0v) is 10.9. The number of aliphatic carboxylic acids is 1. The average molecular weight is 275 g/mol. The number of methoxy groups -OCH3 is 1. The predicted molar refractivity (Wildman–Crippen MR) is 71.3 cm³/mol. The van der Waals surface area contributed by atoms with Crippen molar-refractivity contribution >= 4 is 5.97 Å². The van der Waals surface area contributed by atoms with Crippen LogP contribution in [0.5, 0.6) is 5.88 Å². The largest absolute Gasteiger partial charge is 0.481 e. The van der Waals surface area contributed by atoms with E-state index < -0.39 is 11.9 Å². The third-order valence-corrected chi connectivity index (χ3v) is 2.94. The Morgan fingerprint density at radius 1 is 1.35 bits per heavy atom. The highest BCUT2D eigenvalue weighted by Crippen LogP contribution is 2.22. The number of pyridine rings is 1. The van der Waals surface area contributed by atoms with Crippen molar-refractivity contribution in [1.82, 2.24) is 4.98 Å². The van der Waals surface area contributed by atoms with E-state index >= 15 is 0 Å². The number of hydrogen-bond acceptors (Lipinski definition) is 3. The number of benzene rings is 1. The smallest absolute Gasteiger partial charge is 0.312 e.